The molecule has 0 bridgehead atoms. The van der Waals surface area contributed by atoms with E-state index in [2.05, 4.69) is 15.2 Å². The molecule has 1 amide bonds. The lowest BCUT2D eigenvalue weighted by Crippen LogP contribution is -2.38. The average molecular weight is 390 g/mol. The van der Waals surface area contributed by atoms with Gasteiger partial charge in [-0.1, -0.05) is 18.2 Å². The normalized spacial score (nSPS) is 18.7. The Morgan fingerprint density at radius 2 is 1.97 bits per heavy atom. The van der Waals surface area contributed by atoms with Crippen LogP contribution in [0.5, 0.6) is 0 Å². The largest absolute Gasteiger partial charge is 0.440 e. The van der Waals surface area contributed by atoms with Crippen molar-refractivity contribution in [3.8, 4) is 11.5 Å². The third-order valence-electron chi connectivity index (χ3n) is 5.36. The summed E-state index contributed by atoms with van der Waals surface area (Å²) in [7, 11) is 0. The Kier molecular flexibility index (Phi) is 4.81. The third-order valence-corrected chi connectivity index (χ3v) is 5.36. The molecule has 1 saturated heterocycles. The summed E-state index contributed by atoms with van der Waals surface area (Å²) in [5, 5.41) is 7.79. The number of carbonyl (C=O) groups excluding carboxylic acids is 1. The molecule has 0 N–H and O–H groups in total. The number of amides is 1. The van der Waals surface area contributed by atoms with Crippen molar-refractivity contribution in [1.82, 2.24) is 15.2 Å². The molecule has 1 aliphatic heterocycles. The van der Waals surface area contributed by atoms with Crippen LogP contribution in [0.1, 0.15) is 47.8 Å². The molecule has 2 aromatic heterocycles. The van der Waals surface area contributed by atoms with Gasteiger partial charge in [-0.15, -0.1) is 0 Å². The molecule has 2 fully saturated rings. The number of ether oxygens (including phenoxy) is 1. The lowest BCUT2D eigenvalue weighted by molar-refractivity contribution is 0.0912. The number of oxazole rings is 1. The Morgan fingerprint density at radius 3 is 2.66 bits per heavy atom. The fourth-order valence-electron chi connectivity index (χ4n) is 3.68. The molecule has 1 aromatic carbocycles. The van der Waals surface area contributed by atoms with Gasteiger partial charge in [0, 0.05) is 18.1 Å². The van der Waals surface area contributed by atoms with E-state index in [-0.39, 0.29) is 17.9 Å². The van der Waals surface area contributed by atoms with Crippen LogP contribution in [0.4, 0.5) is 5.69 Å². The van der Waals surface area contributed by atoms with E-state index in [1.807, 2.05) is 30.3 Å². The SMILES string of the molecule is O=C(c1nc(-c2ccccc2)oc1C1CC1)N(CC1CCCO1)c1ccnnc1. The van der Waals surface area contributed by atoms with Crippen LogP contribution in [-0.4, -0.2) is 40.3 Å². The van der Waals surface area contributed by atoms with E-state index >= 15 is 0 Å². The number of hydrogen-bond donors (Lipinski definition) is 0. The molecule has 0 spiro atoms. The summed E-state index contributed by atoms with van der Waals surface area (Å²) in [5.41, 5.74) is 1.94. The van der Waals surface area contributed by atoms with Crippen molar-refractivity contribution in [3.63, 3.8) is 0 Å². The Hall–Kier alpha value is -3.06. The topological polar surface area (TPSA) is 81.4 Å². The fourth-order valence-corrected chi connectivity index (χ4v) is 3.68. The Labute approximate surface area is 168 Å². The van der Waals surface area contributed by atoms with E-state index in [9.17, 15) is 4.79 Å². The van der Waals surface area contributed by atoms with E-state index in [1.54, 1.807) is 23.4 Å². The highest BCUT2D eigenvalue weighted by molar-refractivity contribution is 6.05. The predicted octanol–water partition coefficient (Wildman–Crippen LogP) is 3.83. The lowest BCUT2D eigenvalue weighted by atomic mass is 10.2. The second-order valence-electron chi connectivity index (χ2n) is 7.52. The van der Waals surface area contributed by atoms with Crippen molar-refractivity contribution >= 4 is 11.6 Å². The van der Waals surface area contributed by atoms with Crippen LogP contribution in [0.3, 0.4) is 0 Å². The Morgan fingerprint density at radius 1 is 1.10 bits per heavy atom. The number of nitrogens with zero attached hydrogens (tertiary/aromatic N) is 4. The van der Waals surface area contributed by atoms with Gasteiger partial charge in [-0.25, -0.2) is 4.98 Å². The molecule has 1 unspecified atom stereocenters. The van der Waals surface area contributed by atoms with E-state index in [0.717, 1.165) is 37.9 Å². The van der Waals surface area contributed by atoms with E-state index < -0.39 is 0 Å². The van der Waals surface area contributed by atoms with Crippen LogP contribution in [0, 0.1) is 0 Å². The maximum Gasteiger partial charge on any atom is 0.280 e. The fraction of sp³-hybridized carbons (Fsp3) is 0.364. The van der Waals surface area contributed by atoms with E-state index in [0.29, 0.717) is 29.6 Å². The Bertz CT molecular complexity index is 980. The van der Waals surface area contributed by atoms with Crippen molar-refractivity contribution in [2.45, 2.75) is 37.7 Å². The average Bonchev–Trinajstić information content (AvgIpc) is 3.31. The minimum atomic E-state index is -0.179. The van der Waals surface area contributed by atoms with Gasteiger partial charge in [-0.05, 0) is 43.9 Å². The predicted molar refractivity (Wildman–Crippen MR) is 107 cm³/mol. The van der Waals surface area contributed by atoms with Crippen LogP contribution in [0.25, 0.3) is 11.5 Å². The summed E-state index contributed by atoms with van der Waals surface area (Å²) < 4.78 is 11.9. The number of hydrogen-bond acceptors (Lipinski definition) is 6. The molecule has 3 heterocycles. The van der Waals surface area contributed by atoms with Gasteiger partial charge in [0.25, 0.3) is 5.91 Å². The first-order valence-corrected chi connectivity index (χ1v) is 10.1. The van der Waals surface area contributed by atoms with Gasteiger partial charge >= 0.3 is 0 Å². The number of benzene rings is 1. The van der Waals surface area contributed by atoms with Gasteiger partial charge in [0.05, 0.1) is 30.7 Å². The first-order valence-electron chi connectivity index (χ1n) is 10.1. The summed E-state index contributed by atoms with van der Waals surface area (Å²) >= 11 is 0. The van der Waals surface area contributed by atoms with Crippen molar-refractivity contribution in [2.75, 3.05) is 18.1 Å². The molecule has 0 radical (unpaired) electrons. The molecule has 7 nitrogen and oxygen atoms in total. The molecule has 148 valence electrons. The smallest absolute Gasteiger partial charge is 0.280 e. The van der Waals surface area contributed by atoms with Gasteiger partial charge in [0.2, 0.25) is 5.89 Å². The summed E-state index contributed by atoms with van der Waals surface area (Å²) in [4.78, 5) is 20.0. The summed E-state index contributed by atoms with van der Waals surface area (Å²) in [6.07, 6.45) is 7.19. The van der Waals surface area contributed by atoms with Gasteiger partial charge in [-0.3, -0.25) is 4.79 Å². The zero-order valence-corrected chi connectivity index (χ0v) is 16.0. The highest BCUT2D eigenvalue weighted by Crippen LogP contribution is 2.43. The number of aromatic nitrogens is 3. The molecule has 5 rings (SSSR count). The molecular weight excluding hydrogens is 368 g/mol. The monoisotopic (exact) mass is 390 g/mol. The molecule has 1 atom stereocenters. The van der Waals surface area contributed by atoms with Crippen LogP contribution in [0.2, 0.25) is 0 Å². The maximum atomic E-state index is 13.6. The maximum absolute atomic E-state index is 13.6. The van der Waals surface area contributed by atoms with Gasteiger partial charge in [0.15, 0.2) is 5.69 Å². The molecule has 1 aliphatic carbocycles. The van der Waals surface area contributed by atoms with Gasteiger partial charge in [-0.2, -0.15) is 10.2 Å². The van der Waals surface area contributed by atoms with Crippen LogP contribution in [-0.2, 0) is 4.74 Å². The van der Waals surface area contributed by atoms with Gasteiger partial charge < -0.3 is 14.1 Å². The van der Waals surface area contributed by atoms with Crippen LogP contribution < -0.4 is 4.90 Å². The number of rotatable bonds is 6. The van der Waals surface area contributed by atoms with E-state index in [1.165, 1.54) is 0 Å². The third kappa shape index (κ3) is 3.78. The standard InChI is InChI=1S/C22H22N4O3/c27-22(26(14-18-7-4-12-28-18)17-10-11-23-24-13-17)19-20(15-8-9-15)29-21(25-19)16-5-2-1-3-6-16/h1-3,5-6,10-11,13,15,18H,4,7-9,12,14H2. The first-order chi connectivity index (χ1) is 14.3. The second-order valence-corrected chi connectivity index (χ2v) is 7.52. The summed E-state index contributed by atoms with van der Waals surface area (Å²) in [6, 6.07) is 11.5. The van der Waals surface area contributed by atoms with Crippen molar-refractivity contribution in [3.05, 3.63) is 60.2 Å². The number of anilines is 1. The Balaban J connectivity index is 1.51. The molecule has 3 aromatic rings. The minimum Gasteiger partial charge on any atom is -0.440 e. The van der Waals surface area contributed by atoms with Crippen LogP contribution >= 0.6 is 0 Å². The first kappa shape index (κ1) is 18.0. The molecule has 1 saturated carbocycles. The minimum absolute atomic E-state index is 0.0111. The van der Waals surface area contributed by atoms with Crippen LogP contribution in [0.15, 0.2) is 53.2 Å². The molecule has 29 heavy (non-hydrogen) atoms. The lowest BCUT2D eigenvalue weighted by Gasteiger charge is -2.24. The zero-order chi connectivity index (χ0) is 19.6. The second kappa shape index (κ2) is 7.75. The summed E-state index contributed by atoms with van der Waals surface area (Å²) in [6.45, 7) is 1.19. The highest BCUT2D eigenvalue weighted by atomic mass is 16.5. The quantitative estimate of drug-likeness (QED) is 0.636. The van der Waals surface area contributed by atoms with Crippen molar-refractivity contribution < 1.29 is 13.9 Å². The summed E-state index contributed by atoms with van der Waals surface area (Å²) in [5.74, 6) is 1.26. The highest BCUT2D eigenvalue weighted by Gasteiger charge is 2.36. The van der Waals surface area contributed by atoms with Crippen molar-refractivity contribution in [2.24, 2.45) is 0 Å². The van der Waals surface area contributed by atoms with E-state index in [4.69, 9.17) is 9.15 Å². The number of carbonyl (C=O) groups is 1. The van der Waals surface area contributed by atoms with Gasteiger partial charge in [0.1, 0.15) is 5.76 Å². The van der Waals surface area contributed by atoms with Crippen molar-refractivity contribution in [1.29, 1.82) is 0 Å². The molecule has 2 aliphatic rings. The molecular formula is C22H22N4O3. The zero-order valence-electron chi connectivity index (χ0n) is 16.0. The molecule has 7 heteroatoms.